The minimum Gasteiger partial charge on any atom is -0.494 e. The molecular weight excluding hydrogens is 210 g/mol. The number of hydrogen-bond acceptors (Lipinski definition) is 2. The van der Waals surface area contributed by atoms with Gasteiger partial charge in [-0.2, -0.15) is 0 Å². The molecule has 0 amide bonds. The van der Waals surface area contributed by atoms with Gasteiger partial charge in [-0.1, -0.05) is 38.0 Å². The van der Waals surface area contributed by atoms with Crippen LogP contribution in [0.5, 0.6) is 5.75 Å². The van der Waals surface area contributed by atoms with Gasteiger partial charge < -0.3 is 10.1 Å². The highest BCUT2D eigenvalue weighted by Gasteiger charge is 2.09. The Labute approximate surface area is 105 Å². The lowest BCUT2D eigenvalue weighted by Crippen LogP contribution is -2.20. The molecule has 0 fully saturated rings. The number of ether oxygens (including phenoxy) is 1. The molecule has 0 aliphatic rings. The number of para-hydroxylation sites is 1. The summed E-state index contributed by atoms with van der Waals surface area (Å²) in [5.74, 6) is 1.01. The van der Waals surface area contributed by atoms with E-state index in [1.165, 1.54) is 24.8 Å². The Bertz CT molecular complexity index is 312. The molecule has 2 heteroatoms. The van der Waals surface area contributed by atoms with E-state index in [1.807, 2.05) is 19.1 Å². The van der Waals surface area contributed by atoms with E-state index in [0.29, 0.717) is 6.04 Å². The summed E-state index contributed by atoms with van der Waals surface area (Å²) >= 11 is 0. The number of rotatable bonds is 8. The summed E-state index contributed by atoms with van der Waals surface area (Å²) < 4.78 is 5.65. The van der Waals surface area contributed by atoms with Crippen molar-refractivity contribution in [2.45, 2.75) is 46.1 Å². The van der Waals surface area contributed by atoms with Crippen molar-refractivity contribution in [1.29, 1.82) is 0 Å². The number of benzene rings is 1. The van der Waals surface area contributed by atoms with Crippen LogP contribution in [0.3, 0.4) is 0 Å². The second-order valence-electron chi connectivity index (χ2n) is 4.35. The van der Waals surface area contributed by atoms with Crippen LogP contribution in [0.15, 0.2) is 24.3 Å². The van der Waals surface area contributed by atoms with Gasteiger partial charge in [0.2, 0.25) is 0 Å². The zero-order valence-corrected chi connectivity index (χ0v) is 11.3. The monoisotopic (exact) mass is 235 g/mol. The molecule has 96 valence electrons. The molecule has 17 heavy (non-hydrogen) atoms. The van der Waals surface area contributed by atoms with Crippen molar-refractivity contribution in [2.24, 2.45) is 0 Å². The molecule has 0 aliphatic heterocycles. The molecule has 0 aromatic heterocycles. The summed E-state index contributed by atoms with van der Waals surface area (Å²) in [5.41, 5.74) is 1.26. The lowest BCUT2D eigenvalue weighted by atomic mass is 10.1. The van der Waals surface area contributed by atoms with Gasteiger partial charge in [0, 0.05) is 11.6 Å². The molecule has 1 N–H and O–H groups in total. The van der Waals surface area contributed by atoms with Crippen molar-refractivity contribution in [2.75, 3.05) is 13.2 Å². The molecule has 1 aromatic carbocycles. The van der Waals surface area contributed by atoms with Gasteiger partial charge in [-0.05, 0) is 32.9 Å². The van der Waals surface area contributed by atoms with Crippen LogP contribution in [0, 0.1) is 0 Å². The highest BCUT2D eigenvalue weighted by molar-refractivity contribution is 5.35. The molecule has 2 nitrogen and oxygen atoms in total. The molecule has 0 radical (unpaired) electrons. The molecular formula is C15H25NO. The molecule has 1 unspecified atom stereocenters. The first kappa shape index (κ1) is 14.0. The Hall–Kier alpha value is -1.02. The molecule has 0 saturated carbocycles. The fraction of sp³-hybridized carbons (Fsp3) is 0.600. The van der Waals surface area contributed by atoms with Gasteiger partial charge >= 0.3 is 0 Å². The summed E-state index contributed by atoms with van der Waals surface area (Å²) in [6.07, 6.45) is 3.82. The highest BCUT2D eigenvalue weighted by Crippen LogP contribution is 2.24. The van der Waals surface area contributed by atoms with Gasteiger partial charge in [0.1, 0.15) is 5.75 Å². The quantitative estimate of drug-likeness (QED) is 0.689. The molecule has 0 bridgehead atoms. The maximum absolute atomic E-state index is 5.65. The largest absolute Gasteiger partial charge is 0.494 e. The first-order valence-electron chi connectivity index (χ1n) is 6.74. The Morgan fingerprint density at radius 1 is 1.18 bits per heavy atom. The van der Waals surface area contributed by atoms with E-state index in [1.54, 1.807) is 0 Å². The molecule has 1 atom stereocenters. The molecule has 1 aromatic rings. The minimum atomic E-state index is 0.356. The molecule has 1 rings (SSSR count). The standard InChI is InChI=1S/C15H25NO/c1-4-6-9-12-16-13(3)14-10-7-8-11-15(14)17-5-2/h7-8,10-11,13,16H,4-6,9,12H2,1-3H3. The Kier molecular flexibility index (Phi) is 6.71. The van der Waals surface area contributed by atoms with E-state index >= 15 is 0 Å². The van der Waals surface area contributed by atoms with E-state index in [0.717, 1.165) is 18.9 Å². The predicted molar refractivity (Wildman–Crippen MR) is 73.6 cm³/mol. The van der Waals surface area contributed by atoms with Crippen LogP contribution in [0.2, 0.25) is 0 Å². The van der Waals surface area contributed by atoms with Crippen molar-refractivity contribution in [1.82, 2.24) is 5.32 Å². The average Bonchev–Trinajstić information content (AvgIpc) is 2.35. The summed E-state index contributed by atoms with van der Waals surface area (Å²) in [6.45, 7) is 8.25. The van der Waals surface area contributed by atoms with Gasteiger partial charge in [-0.3, -0.25) is 0 Å². The molecule has 0 heterocycles. The topological polar surface area (TPSA) is 21.3 Å². The maximum Gasteiger partial charge on any atom is 0.124 e. The zero-order valence-electron chi connectivity index (χ0n) is 11.3. The SMILES string of the molecule is CCCCCNC(C)c1ccccc1OCC. The van der Waals surface area contributed by atoms with Crippen LogP contribution in [0.1, 0.15) is 51.6 Å². The fourth-order valence-electron chi connectivity index (χ4n) is 1.93. The molecule has 0 aliphatic carbocycles. The van der Waals surface area contributed by atoms with E-state index in [-0.39, 0.29) is 0 Å². The summed E-state index contributed by atoms with van der Waals surface area (Å²) in [4.78, 5) is 0. The first-order chi connectivity index (χ1) is 8.29. The number of hydrogen-bond donors (Lipinski definition) is 1. The van der Waals surface area contributed by atoms with Crippen molar-refractivity contribution in [3.8, 4) is 5.75 Å². The fourth-order valence-corrected chi connectivity index (χ4v) is 1.93. The van der Waals surface area contributed by atoms with Crippen molar-refractivity contribution in [3.05, 3.63) is 29.8 Å². The predicted octanol–water partition coefficient (Wildman–Crippen LogP) is 3.93. The van der Waals surface area contributed by atoms with Gasteiger partial charge in [0.15, 0.2) is 0 Å². The third-order valence-electron chi connectivity index (χ3n) is 2.92. The summed E-state index contributed by atoms with van der Waals surface area (Å²) in [5, 5.41) is 3.55. The van der Waals surface area contributed by atoms with Crippen LogP contribution >= 0.6 is 0 Å². The van der Waals surface area contributed by atoms with Crippen LogP contribution in [-0.4, -0.2) is 13.2 Å². The Morgan fingerprint density at radius 3 is 2.65 bits per heavy atom. The van der Waals surface area contributed by atoms with E-state index in [9.17, 15) is 0 Å². The van der Waals surface area contributed by atoms with Crippen molar-refractivity contribution >= 4 is 0 Å². The Morgan fingerprint density at radius 2 is 1.94 bits per heavy atom. The normalized spacial score (nSPS) is 12.4. The van der Waals surface area contributed by atoms with Crippen molar-refractivity contribution in [3.63, 3.8) is 0 Å². The van der Waals surface area contributed by atoms with Crippen molar-refractivity contribution < 1.29 is 4.74 Å². The zero-order chi connectivity index (χ0) is 12.5. The van der Waals surface area contributed by atoms with E-state index in [4.69, 9.17) is 4.74 Å². The average molecular weight is 235 g/mol. The van der Waals surface area contributed by atoms with Gasteiger partial charge in [0.05, 0.1) is 6.61 Å². The molecule has 0 saturated heterocycles. The lowest BCUT2D eigenvalue weighted by Gasteiger charge is -2.17. The van der Waals surface area contributed by atoms with Crippen LogP contribution < -0.4 is 10.1 Å². The van der Waals surface area contributed by atoms with Gasteiger partial charge in [0.25, 0.3) is 0 Å². The summed E-state index contributed by atoms with van der Waals surface area (Å²) in [7, 11) is 0. The second-order valence-corrected chi connectivity index (χ2v) is 4.35. The third-order valence-corrected chi connectivity index (χ3v) is 2.92. The lowest BCUT2D eigenvalue weighted by molar-refractivity contribution is 0.332. The highest BCUT2D eigenvalue weighted by atomic mass is 16.5. The first-order valence-corrected chi connectivity index (χ1v) is 6.74. The number of nitrogens with one attached hydrogen (secondary N) is 1. The smallest absolute Gasteiger partial charge is 0.124 e. The van der Waals surface area contributed by atoms with Gasteiger partial charge in [-0.15, -0.1) is 0 Å². The summed E-state index contributed by atoms with van der Waals surface area (Å²) in [6, 6.07) is 8.64. The Balaban J connectivity index is 2.52. The van der Waals surface area contributed by atoms with E-state index < -0.39 is 0 Å². The van der Waals surface area contributed by atoms with Gasteiger partial charge in [-0.25, -0.2) is 0 Å². The molecule has 0 spiro atoms. The third kappa shape index (κ3) is 4.78. The second kappa shape index (κ2) is 8.13. The van der Waals surface area contributed by atoms with Crippen LogP contribution in [-0.2, 0) is 0 Å². The minimum absolute atomic E-state index is 0.356. The van der Waals surface area contributed by atoms with E-state index in [2.05, 4.69) is 31.3 Å². The van der Waals surface area contributed by atoms with Crippen LogP contribution in [0.25, 0.3) is 0 Å². The number of unbranched alkanes of at least 4 members (excludes halogenated alkanes) is 2. The maximum atomic E-state index is 5.65. The van der Waals surface area contributed by atoms with Crippen LogP contribution in [0.4, 0.5) is 0 Å².